The second kappa shape index (κ2) is 8.28. The van der Waals surface area contributed by atoms with Gasteiger partial charge < -0.3 is 19.1 Å². The van der Waals surface area contributed by atoms with Crippen LogP contribution in [0.15, 0.2) is 72.8 Å². The van der Waals surface area contributed by atoms with E-state index in [2.05, 4.69) is 50.8 Å². The lowest BCUT2D eigenvalue weighted by Crippen LogP contribution is -2.47. The normalized spacial score (nSPS) is 15.8. The molecule has 0 bridgehead atoms. The van der Waals surface area contributed by atoms with Gasteiger partial charge in [0.2, 0.25) is 5.95 Å². The SMILES string of the molecule is O=C1CCn2c(N3CCN(c4ccc(OCc5ccccc5)cc4)CC3)nc3cccc1c32. The van der Waals surface area contributed by atoms with Crippen LogP contribution in [0, 0.1) is 0 Å². The second-order valence-corrected chi connectivity index (χ2v) is 8.65. The maximum absolute atomic E-state index is 12.3. The third-order valence-electron chi connectivity index (χ3n) is 6.62. The van der Waals surface area contributed by atoms with Crippen LogP contribution in [0.3, 0.4) is 0 Å². The molecule has 2 aliphatic heterocycles. The third kappa shape index (κ3) is 3.71. The Bertz CT molecular complexity index is 1290. The van der Waals surface area contributed by atoms with E-state index in [1.165, 1.54) is 11.3 Å². The van der Waals surface area contributed by atoms with Gasteiger partial charge in [0.25, 0.3) is 0 Å². The van der Waals surface area contributed by atoms with Gasteiger partial charge in [-0.25, -0.2) is 4.98 Å². The number of Topliss-reactive ketones (excluding diaryl/α,β-unsaturated/α-hetero) is 1. The van der Waals surface area contributed by atoms with Crippen LogP contribution in [0.1, 0.15) is 22.3 Å². The fraction of sp³-hybridized carbons (Fsp3) is 0.259. The summed E-state index contributed by atoms with van der Waals surface area (Å²) >= 11 is 0. The molecule has 0 aliphatic carbocycles. The number of hydrogen-bond acceptors (Lipinski definition) is 5. The fourth-order valence-electron chi connectivity index (χ4n) is 4.86. The van der Waals surface area contributed by atoms with Crippen molar-refractivity contribution in [1.29, 1.82) is 0 Å². The largest absolute Gasteiger partial charge is 0.489 e. The van der Waals surface area contributed by atoms with Gasteiger partial charge in [0.15, 0.2) is 5.78 Å². The lowest BCUT2D eigenvalue weighted by molar-refractivity contribution is 0.0973. The molecule has 0 atom stereocenters. The Kier molecular flexibility index (Phi) is 4.98. The summed E-state index contributed by atoms with van der Waals surface area (Å²) in [5, 5.41) is 0. The highest BCUT2D eigenvalue weighted by Gasteiger charge is 2.27. The Labute approximate surface area is 193 Å². The Morgan fingerprint density at radius 2 is 1.55 bits per heavy atom. The van der Waals surface area contributed by atoms with Crippen molar-refractivity contribution in [2.24, 2.45) is 0 Å². The highest BCUT2D eigenvalue weighted by molar-refractivity contribution is 6.08. The van der Waals surface area contributed by atoms with E-state index < -0.39 is 0 Å². The Balaban J connectivity index is 1.12. The first kappa shape index (κ1) is 19.9. The van der Waals surface area contributed by atoms with Crippen molar-refractivity contribution in [1.82, 2.24) is 9.55 Å². The van der Waals surface area contributed by atoms with Crippen molar-refractivity contribution in [2.75, 3.05) is 36.0 Å². The summed E-state index contributed by atoms with van der Waals surface area (Å²) in [6, 6.07) is 24.5. The number of ether oxygens (including phenoxy) is 1. The minimum absolute atomic E-state index is 0.223. The maximum atomic E-state index is 12.3. The molecule has 33 heavy (non-hydrogen) atoms. The summed E-state index contributed by atoms with van der Waals surface area (Å²) in [7, 11) is 0. The van der Waals surface area contributed by atoms with Crippen LogP contribution in [0.4, 0.5) is 11.6 Å². The monoisotopic (exact) mass is 438 g/mol. The summed E-state index contributed by atoms with van der Waals surface area (Å²) in [6.07, 6.45) is 0.550. The molecule has 1 aromatic heterocycles. The first-order chi connectivity index (χ1) is 16.3. The molecule has 0 amide bonds. The van der Waals surface area contributed by atoms with E-state index in [0.29, 0.717) is 19.6 Å². The van der Waals surface area contributed by atoms with Crippen molar-refractivity contribution in [3.8, 4) is 5.75 Å². The summed E-state index contributed by atoms with van der Waals surface area (Å²) in [5.74, 6) is 2.10. The van der Waals surface area contributed by atoms with E-state index in [1.54, 1.807) is 0 Å². The summed E-state index contributed by atoms with van der Waals surface area (Å²) in [4.78, 5) is 22.0. The summed E-state index contributed by atoms with van der Waals surface area (Å²) < 4.78 is 8.16. The molecular formula is C27H26N4O2. The third-order valence-corrected chi connectivity index (χ3v) is 6.62. The number of ketones is 1. The zero-order valence-electron chi connectivity index (χ0n) is 18.5. The van der Waals surface area contributed by atoms with Gasteiger partial charge in [-0.3, -0.25) is 4.79 Å². The zero-order chi connectivity index (χ0) is 22.2. The first-order valence-corrected chi connectivity index (χ1v) is 11.6. The van der Waals surface area contributed by atoms with Crippen molar-refractivity contribution in [2.45, 2.75) is 19.6 Å². The highest BCUT2D eigenvalue weighted by Crippen LogP contribution is 2.31. The highest BCUT2D eigenvalue weighted by atomic mass is 16.5. The van der Waals surface area contributed by atoms with E-state index in [1.807, 2.05) is 36.4 Å². The number of imidazole rings is 1. The molecule has 0 N–H and O–H groups in total. The predicted octanol–water partition coefficient (Wildman–Crippen LogP) is 4.53. The number of para-hydroxylation sites is 1. The minimum atomic E-state index is 0.223. The molecule has 6 heteroatoms. The maximum Gasteiger partial charge on any atom is 0.206 e. The molecule has 3 heterocycles. The topological polar surface area (TPSA) is 50.6 Å². The average Bonchev–Trinajstić information content (AvgIpc) is 3.26. The van der Waals surface area contributed by atoms with Gasteiger partial charge in [-0.15, -0.1) is 0 Å². The van der Waals surface area contributed by atoms with Crippen molar-refractivity contribution in [3.63, 3.8) is 0 Å². The molecule has 166 valence electrons. The number of nitrogens with zero attached hydrogens (tertiary/aromatic N) is 4. The second-order valence-electron chi connectivity index (χ2n) is 8.65. The standard InChI is InChI=1S/C27H26N4O2/c32-25-13-14-31-26-23(25)7-4-8-24(26)28-27(31)30-17-15-29(16-18-30)21-9-11-22(12-10-21)33-19-20-5-2-1-3-6-20/h1-12H,13-19H2. The van der Waals surface area contributed by atoms with E-state index in [0.717, 1.165) is 54.5 Å². The van der Waals surface area contributed by atoms with Gasteiger partial charge >= 0.3 is 0 Å². The molecule has 6 rings (SSSR count). The molecule has 1 saturated heterocycles. The van der Waals surface area contributed by atoms with E-state index in [9.17, 15) is 4.79 Å². The molecule has 0 saturated carbocycles. The minimum Gasteiger partial charge on any atom is -0.489 e. The van der Waals surface area contributed by atoms with Crippen LogP contribution in [0.25, 0.3) is 11.0 Å². The Hall–Kier alpha value is -3.80. The summed E-state index contributed by atoms with van der Waals surface area (Å²) in [6.45, 7) is 4.95. The van der Waals surface area contributed by atoms with Gasteiger partial charge in [0.1, 0.15) is 12.4 Å². The smallest absolute Gasteiger partial charge is 0.206 e. The first-order valence-electron chi connectivity index (χ1n) is 11.6. The molecule has 1 fully saturated rings. The van der Waals surface area contributed by atoms with Crippen LogP contribution in [0.2, 0.25) is 0 Å². The van der Waals surface area contributed by atoms with Crippen LogP contribution < -0.4 is 14.5 Å². The van der Waals surface area contributed by atoms with Crippen molar-refractivity contribution < 1.29 is 9.53 Å². The summed E-state index contributed by atoms with van der Waals surface area (Å²) in [5.41, 5.74) is 5.11. The number of carbonyl (C=O) groups is 1. The Morgan fingerprint density at radius 1 is 0.788 bits per heavy atom. The molecular weight excluding hydrogens is 412 g/mol. The fourth-order valence-corrected chi connectivity index (χ4v) is 4.86. The van der Waals surface area contributed by atoms with E-state index >= 15 is 0 Å². The van der Waals surface area contributed by atoms with Gasteiger partial charge in [0.05, 0.1) is 11.0 Å². The molecule has 0 spiro atoms. The van der Waals surface area contributed by atoms with Gasteiger partial charge in [-0.1, -0.05) is 36.4 Å². The number of carbonyl (C=O) groups excluding carboxylic acids is 1. The van der Waals surface area contributed by atoms with E-state index in [-0.39, 0.29) is 5.78 Å². The predicted molar refractivity (Wildman–Crippen MR) is 130 cm³/mol. The van der Waals surface area contributed by atoms with Crippen molar-refractivity contribution >= 4 is 28.5 Å². The Morgan fingerprint density at radius 3 is 2.33 bits per heavy atom. The molecule has 3 aromatic carbocycles. The number of aryl methyl sites for hydroxylation is 1. The van der Waals surface area contributed by atoms with Gasteiger partial charge in [-0.2, -0.15) is 0 Å². The van der Waals surface area contributed by atoms with Gasteiger partial charge in [0, 0.05) is 50.4 Å². The van der Waals surface area contributed by atoms with Crippen LogP contribution in [-0.4, -0.2) is 41.5 Å². The molecule has 0 radical (unpaired) electrons. The average molecular weight is 439 g/mol. The number of rotatable bonds is 5. The molecule has 6 nitrogen and oxygen atoms in total. The lowest BCUT2D eigenvalue weighted by Gasteiger charge is -2.37. The lowest BCUT2D eigenvalue weighted by atomic mass is 10.0. The van der Waals surface area contributed by atoms with Crippen LogP contribution in [-0.2, 0) is 13.2 Å². The zero-order valence-corrected chi connectivity index (χ0v) is 18.5. The van der Waals surface area contributed by atoms with Crippen LogP contribution >= 0.6 is 0 Å². The quantitative estimate of drug-likeness (QED) is 0.458. The molecule has 2 aliphatic rings. The van der Waals surface area contributed by atoms with Crippen LogP contribution in [0.5, 0.6) is 5.75 Å². The number of piperazine rings is 1. The van der Waals surface area contributed by atoms with Gasteiger partial charge in [-0.05, 0) is 42.0 Å². The molecule has 0 unspecified atom stereocenters. The number of aromatic nitrogens is 2. The van der Waals surface area contributed by atoms with E-state index in [4.69, 9.17) is 9.72 Å². The number of benzene rings is 3. The molecule has 4 aromatic rings. The number of hydrogen-bond donors (Lipinski definition) is 0. The number of anilines is 2. The van der Waals surface area contributed by atoms with Crippen molar-refractivity contribution in [3.05, 3.63) is 83.9 Å².